The fourth-order valence-electron chi connectivity index (χ4n) is 4.33. The van der Waals surface area contributed by atoms with E-state index in [1.54, 1.807) is 17.0 Å². The Bertz CT molecular complexity index is 1560. The van der Waals surface area contributed by atoms with Crippen molar-refractivity contribution in [1.29, 1.82) is 0 Å². The van der Waals surface area contributed by atoms with Gasteiger partial charge < -0.3 is 18.9 Å². The number of pyridine rings is 1. The summed E-state index contributed by atoms with van der Waals surface area (Å²) in [6, 6.07) is 17.7. The average molecular weight is 485 g/mol. The first-order valence-corrected chi connectivity index (χ1v) is 11.6. The largest absolute Gasteiger partial charge is 0.467 e. The monoisotopic (exact) mass is 484 g/mol. The molecule has 1 aliphatic heterocycles. The first kappa shape index (κ1) is 22.1. The molecule has 0 bridgehead atoms. The van der Waals surface area contributed by atoms with Gasteiger partial charge in [-0.05, 0) is 47.2 Å². The van der Waals surface area contributed by atoms with Crippen LogP contribution in [-0.4, -0.2) is 36.9 Å². The van der Waals surface area contributed by atoms with E-state index in [-0.39, 0.29) is 12.4 Å². The third-order valence-corrected chi connectivity index (χ3v) is 6.19. The van der Waals surface area contributed by atoms with Gasteiger partial charge in [-0.1, -0.05) is 29.8 Å². The minimum absolute atomic E-state index is 0.148. The van der Waals surface area contributed by atoms with Crippen LogP contribution in [0.4, 0.5) is 0 Å². The molecule has 4 heterocycles. The second-order valence-electron chi connectivity index (χ2n) is 8.88. The van der Waals surface area contributed by atoms with E-state index in [4.69, 9.17) is 13.9 Å². The van der Waals surface area contributed by atoms with Gasteiger partial charge in [0.05, 0.1) is 18.3 Å². The van der Waals surface area contributed by atoms with Crippen molar-refractivity contribution >= 4 is 10.9 Å². The normalized spacial score (nSPS) is 12.6. The molecule has 6 rings (SSSR count). The molecule has 0 atom stereocenters. The maximum atomic E-state index is 13.0. The lowest BCUT2D eigenvalue weighted by molar-refractivity contribution is 0.174. The van der Waals surface area contributed by atoms with Crippen molar-refractivity contribution in [3.05, 3.63) is 99.5 Å². The lowest BCUT2D eigenvalue weighted by Gasteiger charge is -2.22. The molecule has 0 fully saturated rings. The standard InChI is InChI=1S/C26H24N6O4/c1-17-4-6-18(7-5-17)12-31(15-25-28-29-30-32(25)14-21-3-2-8-34-21)13-20-9-19-10-23-24(36-16-35-23)11-22(19)27-26(20)33/h2-11H,12-16H2,1H3,(H,27,33). The Labute approximate surface area is 206 Å². The van der Waals surface area contributed by atoms with Crippen molar-refractivity contribution in [3.8, 4) is 11.5 Å². The Balaban J connectivity index is 1.31. The van der Waals surface area contributed by atoms with Crippen LogP contribution in [0.25, 0.3) is 10.9 Å². The molecule has 2 aromatic carbocycles. The summed E-state index contributed by atoms with van der Waals surface area (Å²) in [6.45, 7) is 4.13. The van der Waals surface area contributed by atoms with Gasteiger partial charge in [0, 0.05) is 30.1 Å². The van der Waals surface area contributed by atoms with Crippen molar-refractivity contribution in [1.82, 2.24) is 30.1 Å². The smallest absolute Gasteiger partial charge is 0.252 e. The summed E-state index contributed by atoms with van der Waals surface area (Å²) in [6.07, 6.45) is 1.63. The molecule has 0 unspecified atom stereocenters. The maximum absolute atomic E-state index is 13.0. The van der Waals surface area contributed by atoms with Crippen LogP contribution < -0.4 is 15.0 Å². The molecule has 3 aromatic heterocycles. The molecular weight excluding hydrogens is 460 g/mol. The van der Waals surface area contributed by atoms with E-state index < -0.39 is 0 Å². The SMILES string of the molecule is Cc1ccc(CN(Cc2cc3cc4c(cc3[nH]c2=O)OCO4)Cc2nnnn2Cc2ccco2)cc1. The van der Waals surface area contributed by atoms with Crippen LogP contribution in [0.15, 0.2) is 70.1 Å². The summed E-state index contributed by atoms with van der Waals surface area (Å²) in [7, 11) is 0. The minimum Gasteiger partial charge on any atom is -0.467 e. The van der Waals surface area contributed by atoms with E-state index in [9.17, 15) is 4.79 Å². The van der Waals surface area contributed by atoms with Gasteiger partial charge >= 0.3 is 0 Å². The Morgan fingerprint density at radius 3 is 2.67 bits per heavy atom. The zero-order chi connectivity index (χ0) is 24.5. The van der Waals surface area contributed by atoms with Crippen molar-refractivity contribution in [2.45, 2.75) is 33.1 Å². The average Bonchev–Trinajstić information content (AvgIpc) is 3.63. The number of benzene rings is 2. The fourth-order valence-corrected chi connectivity index (χ4v) is 4.33. The quantitative estimate of drug-likeness (QED) is 0.357. The Morgan fingerprint density at radius 2 is 1.86 bits per heavy atom. The van der Waals surface area contributed by atoms with Gasteiger partial charge in [0.25, 0.3) is 5.56 Å². The zero-order valence-corrected chi connectivity index (χ0v) is 19.7. The predicted molar refractivity (Wildman–Crippen MR) is 130 cm³/mol. The highest BCUT2D eigenvalue weighted by molar-refractivity contribution is 5.83. The van der Waals surface area contributed by atoms with Gasteiger partial charge in [-0.25, -0.2) is 4.68 Å². The van der Waals surface area contributed by atoms with Crippen molar-refractivity contribution in [3.63, 3.8) is 0 Å². The first-order valence-electron chi connectivity index (χ1n) is 11.6. The van der Waals surface area contributed by atoms with E-state index in [0.29, 0.717) is 54.6 Å². The van der Waals surface area contributed by atoms with E-state index in [1.165, 1.54) is 5.56 Å². The number of aryl methyl sites for hydroxylation is 1. The van der Waals surface area contributed by atoms with Gasteiger partial charge in [0.1, 0.15) is 12.3 Å². The third kappa shape index (κ3) is 4.58. The number of ether oxygens (including phenoxy) is 2. The van der Waals surface area contributed by atoms with E-state index in [2.05, 4.69) is 56.6 Å². The molecule has 0 saturated heterocycles. The molecule has 182 valence electrons. The number of tetrazole rings is 1. The van der Waals surface area contributed by atoms with Gasteiger partial charge in [-0.3, -0.25) is 9.69 Å². The molecule has 1 aliphatic rings. The molecular formula is C26H24N6O4. The molecule has 1 N–H and O–H groups in total. The highest BCUT2D eigenvalue weighted by Crippen LogP contribution is 2.35. The molecule has 10 heteroatoms. The minimum atomic E-state index is -0.148. The number of fused-ring (bicyclic) bond motifs is 2. The predicted octanol–water partition coefficient (Wildman–Crippen LogP) is 3.40. The second kappa shape index (κ2) is 9.31. The molecule has 0 aliphatic carbocycles. The van der Waals surface area contributed by atoms with Crippen molar-refractivity contribution in [2.75, 3.05) is 6.79 Å². The third-order valence-electron chi connectivity index (χ3n) is 6.19. The highest BCUT2D eigenvalue weighted by Gasteiger charge is 2.19. The van der Waals surface area contributed by atoms with Crippen molar-refractivity contribution in [2.24, 2.45) is 0 Å². The summed E-state index contributed by atoms with van der Waals surface area (Å²) in [5, 5.41) is 13.1. The lowest BCUT2D eigenvalue weighted by atomic mass is 10.1. The summed E-state index contributed by atoms with van der Waals surface area (Å²) in [5.74, 6) is 2.75. The van der Waals surface area contributed by atoms with Crippen LogP contribution in [-0.2, 0) is 26.2 Å². The van der Waals surface area contributed by atoms with Gasteiger partial charge in [-0.15, -0.1) is 5.10 Å². The number of hydrogen-bond donors (Lipinski definition) is 1. The van der Waals surface area contributed by atoms with Crippen LogP contribution in [0.5, 0.6) is 11.5 Å². The van der Waals surface area contributed by atoms with Crippen LogP contribution in [0.3, 0.4) is 0 Å². The Kier molecular flexibility index (Phi) is 5.70. The highest BCUT2D eigenvalue weighted by atomic mass is 16.7. The summed E-state index contributed by atoms with van der Waals surface area (Å²) in [4.78, 5) is 18.2. The number of H-pyrrole nitrogens is 1. The molecule has 0 amide bonds. The maximum Gasteiger partial charge on any atom is 0.252 e. The van der Waals surface area contributed by atoms with Gasteiger partial charge in [-0.2, -0.15) is 0 Å². The molecule has 0 spiro atoms. The number of hydrogen-bond acceptors (Lipinski definition) is 8. The molecule has 0 radical (unpaired) electrons. The van der Waals surface area contributed by atoms with E-state index in [1.807, 2.05) is 24.3 Å². The number of nitrogens with zero attached hydrogens (tertiary/aromatic N) is 5. The summed E-state index contributed by atoms with van der Waals surface area (Å²) in [5.41, 5.74) is 3.52. The summed E-state index contributed by atoms with van der Waals surface area (Å²) >= 11 is 0. The fraction of sp³-hybridized carbons (Fsp3) is 0.231. The molecule has 10 nitrogen and oxygen atoms in total. The second-order valence-corrected chi connectivity index (χ2v) is 8.88. The van der Waals surface area contributed by atoms with Gasteiger partial charge in [0.2, 0.25) is 6.79 Å². The number of aromatic amines is 1. The van der Waals surface area contributed by atoms with Crippen molar-refractivity contribution < 1.29 is 13.9 Å². The molecule has 0 saturated carbocycles. The van der Waals surface area contributed by atoms with E-state index >= 15 is 0 Å². The number of aromatic nitrogens is 5. The van der Waals surface area contributed by atoms with Crippen LogP contribution >= 0.6 is 0 Å². The lowest BCUT2D eigenvalue weighted by Crippen LogP contribution is -2.28. The number of rotatable bonds is 8. The van der Waals surface area contributed by atoms with Gasteiger partial charge in [0.15, 0.2) is 17.3 Å². The van der Waals surface area contributed by atoms with Crippen LogP contribution in [0, 0.1) is 6.92 Å². The first-order chi connectivity index (χ1) is 17.6. The van der Waals surface area contributed by atoms with Crippen LogP contribution in [0.1, 0.15) is 28.3 Å². The molecule has 5 aromatic rings. The Morgan fingerprint density at radius 1 is 1.03 bits per heavy atom. The number of furan rings is 1. The number of nitrogens with one attached hydrogen (secondary N) is 1. The summed E-state index contributed by atoms with van der Waals surface area (Å²) < 4.78 is 18.1. The zero-order valence-electron chi connectivity index (χ0n) is 19.7. The van der Waals surface area contributed by atoms with E-state index in [0.717, 1.165) is 16.7 Å². The van der Waals surface area contributed by atoms with Crippen LogP contribution in [0.2, 0.25) is 0 Å². The Hall–Kier alpha value is -4.44. The topological polar surface area (TPSA) is 111 Å². The molecule has 36 heavy (non-hydrogen) atoms.